The van der Waals surface area contributed by atoms with Gasteiger partial charge in [0.15, 0.2) is 5.41 Å². The van der Waals surface area contributed by atoms with Gasteiger partial charge < -0.3 is 10.2 Å². The van der Waals surface area contributed by atoms with Gasteiger partial charge in [-0.3, -0.25) is 9.59 Å². The third-order valence-corrected chi connectivity index (χ3v) is 5.19. The largest absolute Gasteiger partial charge is 0.480 e. The zero-order valence-electron chi connectivity index (χ0n) is 11.5. The van der Waals surface area contributed by atoms with Crippen molar-refractivity contribution in [2.24, 2.45) is 16.7 Å². The molecule has 0 bridgehead atoms. The summed E-state index contributed by atoms with van der Waals surface area (Å²) in [5.41, 5.74) is -2.22. The Morgan fingerprint density at radius 3 is 2.11 bits per heavy atom. The lowest BCUT2D eigenvalue weighted by Crippen LogP contribution is -2.54. The molecule has 1 aliphatic rings. The van der Waals surface area contributed by atoms with Crippen molar-refractivity contribution in [3.8, 4) is 0 Å². The first kappa shape index (κ1) is 15.0. The highest BCUT2D eigenvalue weighted by atomic mass is 16.4. The maximum Gasteiger partial charge on any atom is 0.321 e. The van der Waals surface area contributed by atoms with Crippen LogP contribution in [0.3, 0.4) is 0 Å². The summed E-state index contributed by atoms with van der Waals surface area (Å²) in [5, 5.41) is 19.2. The van der Waals surface area contributed by atoms with Crippen LogP contribution in [0.1, 0.15) is 59.3 Å². The summed E-state index contributed by atoms with van der Waals surface area (Å²) in [6.45, 7) is 5.65. The number of carbonyl (C=O) groups is 2. The van der Waals surface area contributed by atoms with Crippen molar-refractivity contribution in [2.75, 3.05) is 0 Å². The van der Waals surface area contributed by atoms with Crippen molar-refractivity contribution in [1.29, 1.82) is 0 Å². The minimum atomic E-state index is -1.63. The molecule has 18 heavy (non-hydrogen) atoms. The Balaban J connectivity index is 3.41. The molecular weight excluding hydrogens is 232 g/mol. The van der Waals surface area contributed by atoms with E-state index in [0.29, 0.717) is 12.8 Å². The molecular formula is C14H24O4. The second-order valence-electron chi connectivity index (χ2n) is 5.38. The normalized spacial score (nSPS) is 28.3. The second kappa shape index (κ2) is 5.29. The van der Waals surface area contributed by atoms with Gasteiger partial charge in [-0.25, -0.2) is 0 Å². The summed E-state index contributed by atoms with van der Waals surface area (Å²) < 4.78 is 0. The molecule has 0 aromatic carbocycles. The molecule has 0 aromatic heterocycles. The molecule has 0 saturated heterocycles. The lowest BCUT2D eigenvalue weighted by atomic mass is 9.55. The smallest absolute Gasteiger partial charge is 0.321 e. The number of rotatable bonds is 6. The summed E-state index contributed by atoms with van der Waals surface area (Å²) in [6.07, 6.45) is 4.24. The quantitative estimate of drug-likeness (QED) is 0.716. The van der Waals surface area contributed by atoms with Crippen molar-refractivity contribution in [3.05, 3.63) is 0 Å². The first-order valence-corrected chi connectivity index (χ1v) is 6.89. The Bertz CT molecular complexity index is 323. The van der Waals surface area contributed by atoms with Crippen LogP contribution in [0.25, 0.3) is 0 Å². The highest BCUT2D eigenvalue weighted by Crippen LogP contribution is 2.59. The van der Waals surface area contributed by atoms with E-state index in [2.05, 4.69) is 0 Å². The Hall–Kier alpha value is -1.06. The summed E-state index contributed by atoms with van der Waals surface area (Å²) in [4.78, 5) is 23.5. The predicted molar refractivity (Wildman–Crippen MR) is 68.4 cm³/mol. The fourth-order valence-corrected chi connectivity index (χ4v) is 4.24. The summed E-state index contributed by atoms with van der Waals surface area (Å²) in [6, 6.07) is 0. The topological polar surface area (TPSA) is 74.6 Å². The van der Waals surface area contributed by atoms with Gasteiger partial charge in [0, 0.05) is 0 Å². The number of carboxylic acid groups (broad SMARTS) is 2. The van der Waals surface area contributed by atoms with Crippen LogP contribution in [0.2, 0.25) is 0 Å². The molecule has 1 saturated carbocycles. The van der Waals surface area contributed by atoms with E-state index in [1.807, 2.05) is 13.8 Å². The molecule has 1 fully saturated rings. The fourth-order valence-electron chi connectivity index (χ4n) is 4.24. The lowest BCUT2D eigenvalue weighted by molar-refractivity contribution is -0.180. The third kappa shape index (κ3) is 1.73. The zero-order valence-corrected chi connectivity index (χ0v) is 11.5. The van der Waals surface area contributed by atoms with Gasteiger partial charge in [0.1, 0.15) is 0 Å². The van der Waals surface area contributed by atoms with Crippen molar-refractivity contribution >= 4 is 11.9 Å². The molecule has 2 unspecified atom stereocenters. The summed E-state index contributed by atoms with van der Waals surface area (Å²) in [7, 11) is 0. The molecule has 1 rings (SSSR count). The van der Waals surface area contributed by atoms with Gasteiger partial charge in [0.05, 0.1) is 0 Å². The van der Waals surface area contributed by atoms with Gasteiger partial charge in [0.25, 0.3) is 0 Å². The molecule has 2 N–H and O–H groups in total. The summed E-state index contributed by atoms with van der Waals surface area (Å²) >= 11 is 0. The molecule has 1 aliphatic carbocycles. The van der Waals surface area contributed by atoms with E-state index in [4.69, 9.17) is 0 Å². The van der Waals surface area contributed by atoms with E-state index >= 15 is 0 Å². The van der Waals surface area contributed by atoms with Gasteiger partial charge in [-0.1, -0.05) is 33.6 Å². The Morgan fingerprint density at radius 1 is 1.22 bits per heavy atom. The SMILES string of the molecule is CCC1CCCC1(CC)C(CC)(C(=O)O)C(=O)O. The third-order valence-electron chi connectivity index (χ3n) is 5.19. The highest BCUT2D eigenvalue weighted by molar-refractivity contribution is 5.99. The lowest BCUT2D eigenvalue weighted by Gasteiger charge is -2.46. The van der Waals surface area contributed by atoms with Crippen molar-refractivity contribution in [2.45, 2.75) is 59.3 Å². The molecule has 4 heteroatoms. The molecule has 0 heterocycles. The number of aliphatic carboxylic acids is 2. The number of carboxylic acids is 2. The molecule has 0 spiro atoms. The first-order chi connectivity index (χ1) is 8.42. The molecule has 2 atom stereocenters. The van der Waals surface area contributed by atoms with Crippen LogP contribution in [0.5, 0.6) is 0 Å². The van der Waals surface area contributed by atoms with E-state index in [0.717, 1.165) is 19.3 Å². The molecule has 4 nitrogen and oxygen atoms in total. The average molecular weight is 256 g/mol. The Labute approximate surface area is 108 Å². The fraction of sp³-hybridized carbons (Fsp3) is 0.857. The van der Waals surface area contributed by atoms with Gasteiger partial charge in [-0.05, 0) is 37.0 Å². The maximum atomic E-state index is 11.7. The van der Waals surface area contributed by atoms with Gasteiger partial charge >= 0.3 is 11.9 Å². The monoisotopic (exact) mass is 256 g/mol. The van der Waals surface area contributed by atoms with Crippen LogP contribution >= 0.6 is 0 Å². The number of hydrogen-bond donors (Lipinski definition) is 2. The predicted octanol–water partition coefficient (Wildman–Crippen LogP) is 3.16. The van der Waals surface area contributed by atoms with E-state index in [9.17, 15) is 19.8 Å². The van der Waals surface area contributed by atoms with Crippen molar-refractivity contribution in [3.63, 3.8) is 0 Å². The van der Waals surface area contributed by atoms with Crippen LogP contribution in [0.4, 0.5) is 0 Å². The minimum absolute atomic E-state index is 0.155. The van der Waals surface area contributed by atoms with Crippen LogP contribution in [-0.4, -0.2) is 22.2 Å². The van der Waals surface area contributed by atoms with E-state index in [1.54, 1.807) is 6.92 Å². The molecule has 104 valence electrons. The van der Waals surface area contributed by atoms with E-state index < -0.39 is 22.8 Å². The highest BCUT2D eigenvalue weighted by Gasteiger charge is 2.63. The second-order valence-corrected chi connectivity index (χ2v) is 5.38. The average Bonchev–Trinajstić information content (AvgIpc) is 2.74. The minimum Gasteiger partial charge on any atom is -0.480 e. The molecule has 0 radical (unpaired) electrons. The summed E-state index contributed by atoms with van der Waals surface area (Å²) in [5.74, 6) is -2.13. The Morgan fingerprint density at radius 2 is 1.78 bits per heavy atom. The molecule has 0 amide bonds. The van der Waals surface area contributed by atoms with Gasteiger partial charge in [-0.15, -0.1) is 0 Å². The first-order valence-electron chi connectivity index (χ1n) is 6.89. The van der Waals surface area contributed by atoms with Gasteiger partial charge in [0.2, 0.25) is 0 Å². The standard InChI is InChI=1S/C14H24O4/c1-4-10-8-7-9-13(10,5-2)14(6-3,11(15)16)12(17)18/h10H,4-9H2,1-3H3,(H,15,16)(H,17,18). The van der Waals surface area contributed by atoms with Crippen LogP contribution in [-0.2, 0) is 9.59 Å². The number of hydrogen-bond acceptors (Lipinski definition) is 2. The van der Waals surface area contributed by atoms with E-state index in [-0.39, 0.29) is 12.3 Å². The van der Waals surface area contributed by atoms with Crippen molar-refractivity contribution < 1.29 is 19.8 Å². The Kier molecular flexibility index (Phi) is 4.41. The molecule has 0 aliphatic heterocycles. The van der Waals surface area contributed by atoms with Crippen molar-refractivity contribution in [1.82, 2.24) is 0 Å². The maximum absolute atomic E-state index is 11.7. The van der Waals surface area contributed by atoms with Crippen LogP contribution in [0.15, 0.2) is 0 Å². The van der Waals surface area contributed by atoms with Crippen LogP contribution in [0, 0.1) is 16.7 Å². The molecule has 0 aromatic rings. The zero-order chi connectivity index (χ0) is 14.0. The van der Waals surface area contributed by atoms with Crippen LogP contribution < -0.4 is 0 Å². The van der Waals surface area contributed by atoms with Gasteiger partial charge in [-0.2, -0.15) is 0 Å². The van der Waals surface area contributed by atoms with E-state index in [1.165, 1.54) is 0 Å².